The first kappa shape index (κ1) is 16.3. The molecular formula is C18H17ClN2O3. The zero-order chi connectivity index (χ0) is 17.3. The predicted molar refractivity (Wildman–Crippen MR) is 93.5 cm³/mol. The molecule has 5 nitrogen and oxygen atoms in total. The predicted octanol–water partition coefficient (Wildman–Crippen LogP) is 3.61. The zero-order valence-electron chi connectivity index (χ0n) is 13.4. The number of rotatable bonds is 3. The molecule has 0 radical (unpaired) electrons. The Hall–Kier alpha value is -2.53. The molecule has 0 spiro atoms. The molecule has 1 aliphatic rings. The third-order valence-corrected chi connectivity index (χ3v) is 4.14. The van der Waals surface area contributed by atoms with Crippen LogP contribution >= 0.6 is 11.6 Å². The van der Waals surface area contributed by atoms with Gasteiger partial charge in [-0.15, -0.1) is 0 Å². The minimum Gasteiger partial charge on any atom is -0.479 e. The Kier molecular flexibility index (Phi) is 4.44. The highest BCUT2D eigenvalue weighted by Gasteiger charge is 2.32. The lowest BCUT2D eigenvalue weighted by Crippen LogP contribution is -2.44. The fourth-order valence-corrected chi connectivity index (χ4v) is 2.84. The molecule has 1 atom stereocenters. The molecule has 2 aromatic rings. The highest BCUT2D eigenvalue weighted by atomic mass is 35.5. The summed E-state index contributed by atoms with van der Waals surface area (Å²) < 4.78 is 5.67. The Labute approximate surface area is 145 Å². The maximum Gasteiger partial charge on any atom is 0.268 e. The highest BCUT2D eigenvalue weighted by molar-refractivity contribution is 6.31. The largest absolute Gasteiger partial charge is 0.479 e. The van der Waals surface area contributed by atoms with Crippen LogP contribution in [0.15, 0.2) is 42.5 Å². The van der Waals surface area contributed by atoms with Gasteiger partial charge in [0.15, 0.2) is 6.10 Å². The van der Waals surface area contributed by atoms with E-state index in [2.05, 4.69) is 5.32 Å². The molecule has 0 saturated carbocycles. The van der Waals surface area contributed by atoms with Gasteiger partial charge < -0.3 is 15.0 Å². The van der Waals surface area contributed by atoms with Crippen LogP contribution in [-0.2, 0) is 16.1 Å². The lowest BCUT2D eigenvalue weighted by molar-refractivity contribution is -0.125. The summed E-state index contributed by atoms with van der Waals surface area (Å²) in [6.45, 7) is 3.49. The van der Waals surface area contributed by atoms with Crippen LogP contribution in [0.25, 0.3) is 0 Å². The monoisotopic (exact) mass is 344 g/mol. The molecule has 0 fully saturated rings. The fraction of sp³-hybridized carbons (Fsp3) is 0.222. The van der Waals surface area contributed by atoms with E-state index in [1.165, 1.54) is 6.92 Å². The third-order valence-electron chi connectivity index (χ3n) is 3.77. The van der Waals surface area contributed by atoms with E-state index < -0.39 is 6.10 Å². The van der Waals surface area contributed by atoms with E-state index in [9.17, 15) is 9.59 Å². The van der Waals surface area contributed by atoms with Gasteiger partial charge in [0.05, 0.1) is 12.2 Å². The molecule has 2 amide bonds. The number of carbonyl (C=O) groups is 2. The molecule has 1 aliphatic heterocycles. The topological polar surface area (TPSA) is 58.6 Å². The Bertz CT molecular complexity index is 807. The van der Waals surface area contributed by atoms with E-state index in [1.807, 2.05) is 18.2 Å². The summed E-state index contributed by atoms with van der Waals surface area (Å²) in [5, 5.41) is 3.32. The van der Waals surface area contributed by atoms with Crippen molar-refractivity contribution in [2.75, 3.05) is 10.2 Å². The number of amides is 2. The number of hydrogen-bond acceptors (Lipinski definition) is 3. The summed E-state index contributed by atoms with van der Waals surface area (Å²) in [5.74, 6) is 0.273. The van der Waals surface area contributed by atoms with Crippen molar-refractivity contribution in [2.45, 2.75) is 26.5 Å². The Morgan fingerprint density at radius 3 is 2.75 bits per heavy atom. The van der Waals surface area contributed by atoms with Crippen molar-refractivity contribution in [3.8, 4) is 5.75 Å². The summed E-state index contributed by atoms with van der Waals surface area (Å²) in [7, 11) is 0. The molecule has 2 aromatic carbocycles. The Morgan fingerprint density at radius 1 is 1.29 bits per heavy atom. The van der Waals surface area contributed by atoms with Crippen molar-refractivity contribution in [3.05, 3.63) is 53.1 Å². The van der Waals surface area contributed by atoms with Crippen molar-refractivity contribution in [1.29, 1.82) is 0 Å². The van der Waals surface area contributed by atoms with E-state index in [4.69, 9.17) is 16.3 Å². The second kappa shape index (κ2) is 6.53. The van der Waals surface area contributed by atoms with Gasteiger partial charge in [0.2, 0.25) is 5.91 Å². The standard InChI is InChI=1S/C18H17ClN2O3/c1-11-18(23)21(10-13-5-3-4-6-15(13)19)16-9-14(20-12(2)22)7-8-17(16)24-11/h3-9,11H,10H2,1-2H3,(H,20,22). The molecule has 1 heterocycles. The number of nitrogens with zero attached hydrogens (tertiary/aromatic N) is 1. The van der Waals surface area contributed by atoms with Crippen LogP contribution in [0.2, 0.25) is 5.02 Å². The summed E-state index contributed by atoms with van der Waals surface area (Å²) in [6.07, 6.45) is -0.577. The summed E-state index contributed by atoms with van der Waals surface area (Å²) in [6, 6.07) is 12.6. The minimum absolute atomic E-state index is 0.151. The highest BCUT2D eigenvalue weighted by Crippen LogP contribution is 2.37. The molecule has 0 aromatic heterocycles. The molecule has 124 valence electrons. The van der Waals surface area contributed by atoms with E-state index in [1.54, 1.807) is 36.1 Å². The first-order chi connectivity index (χ1) is 11.5. The molecule has 24 heavy (non-hydrogen) atoms. The molecule has 0 aliphatic carbocycles. The number of anilines is 2. The molecule has 3 rings (SSSR count). The van der Waals surface area contributed by atoms with Crippen molar-refractivity contribution < 1.29 is 14.3 Å². The van der Waals surface area contributed by atoms with Gasteiger partial charge in [-0.3, -0.25) is 9.59 Å². The maximum absolute atomic E-state index is 12.6. The first-order valence-electron chi connectivity index (χ1n) is 7.59. The number of ether oxygens (including phenoxy) is 1. The van der Waals surface area contributed by atoms with Crippen LogP contribution in [0.3, 0.4) is 0 Å². The van der Waals surface area contributed by atoms with Crippen LogP contribution in [0.5, 0.6) is 5.75 Å². The van der Waals surface area contributed by atoms with Gasteiger partial charge in [0.25, 0.3) is 5.91 Å². The van der Waals surface area contributed by atoms with Crippen molar-refractivity contribution in [2.24, 2.45) is 0 Å². The number of benzene rings is 2. The summed E-state index contributed by atoms with van der Waals surface area (Å²) >= 11 is 6.23. The quantitative estimate of drug-likeness (QED) is 0.925. The normalized spacial score (nSPS) is 16.4. The Balaban J connectivity index is 2.00. The number of carbonyl (C=O) groups excluding carboxylic acids is 2. The molecule has 6 heteroatoms. The molecular weight excluding hydrogens is 328 g/mol. The van der Waals surface area contributed by atoms with Gasteiger partial charge in [-0.25, -0.2) is 0 Å². The van der Waals surface area contributed by atoms with Gasteiger partial charge in [-0.2, -0.15) is 0 Å². The first-order valence-corrected chi connectivity index (χ1v) is 7.96. The van der Waals surface area contributed by atoms with E-state index in [0.717, 1.165) is 5.56 Å². The summed E-state index contributed by atoms with van der Waals surface area (Å²) in [5.41, 5.74) is 2.07. The fourth-order valence-electron chi connectivity index (χ4n) is 2.65. The number of hydrogen-bond donors (Lipinski definition) is 1. The van der Waals surface area contributed by atoms with Crippen LogP contribution in [0.1, 0.15) is 19.4 Å². The van der Waals surface area contributed by atoms with Crippen LogP contribution in [0, 0.1) is 0 Å². The number of fused-ring (bicyclic) bond motifs is 1. The van der Waals surface area contributed by atoms with Crippen LogP contribution in [-0.4, -0.2) is 17.9 Å². The molecule has 0 bridgehead atoms. The van der Waals surface area contributed by atoms with Crippen LogP contribution < -0.4 is 15.0 Å². The minimum atomic E-state index is -0.577. The summed E-state index contributed by atoms with van der Waals surface area (Å²) in [4.78, 5) is 25.5. The lowest BCUT2D eigenvalue weighted by atomic mass is 10.1. The molecule has 0 saturated heterocycles. The van der Waals surface area contributed by atoms with Gasteiger partial charge in [-0.1, -0.05) is 29.8 Å². The SMILES string of the molecule is CC(=O)Nc1ccc2c(c1)N(Cc1ccccc1Cl)C(=O)C(C)O2. The maximum atomic E-state index is 12.6. The Morgan fingerprint density at radius 2 is 2.04 bits per heavy atom. The van der Waals surface area contributed by atoms with Crippen molar-refractivity contribution in [3.63, 3.8) is 0 Å². The molecule has 1 N–H and O–H groups in total. The smallest absolute Gasteiger partial charge is 0.268 e. The number of halogens is 1. The average Bonchev–Trinajstić information content (AvgIpc) is 2.53. The van der Waals surface area contributed by atoms with Gasteiger partial charge >= 0.3 is 0 Å². The van der Waals surface area contributed by atoms with Crippen molar-refractivity contribution >= 4 is 34.8 Å². The van der Waals surface area contributed by atoms with E-state index in [-0.39, 0.29) is 11.8 Å². The van der Waals surface area contributed by atoms with Crippen molar-refractivity contribution in [1.82, 2.24) is 0 Å². The van der Waals surface area contributed by atoms with E-state index in [0.29, 0.717) is 28.7 Å². The van der Waals surface area contributed by atoms with E-state index >= 15 is 0 Å². The third kappa shape index (κ3) is 3.21. The second-order valence-corrected chi connectivity index (χ2v) is 6.05. The van der Waals surface area contributed by atoms with Crippen LogP contribution in [0.4, 0.5) is 11.4 Å². The zero-order valence-corrected chi connectivity index (χ0v) is 14.1. The average molecular weight is 345 g/mol. The van der Waals surface area contributed by atoms with Gasteiger partial charge in [0, 0.05) is 17.6 Å². The van der Waals surface area contributed by atoms with Gasteiger partial charge in [-0.05, 0) is 36.8 Å². The molecule has 1 unspecified atom stereocenters. The van der Waals surface area contributed by atoms with Gasteiger partial charge in [0.1, 0.15) is 5.75 Å². The second-order valence-electron chi connectivity index (χ2n) is 5.64. The number of nitrogens with one attached hydrogen (secondary N) is 1. The lowest BCUT2D eigenvalue weighted by Gasteiger charge is -2.33.